The zero-order valence-corrected chi connectivity index (χ0v) is 22.3. The number of aromatic amines is 1. The van der Waals surface area contributed by atoms with Crippen LogP contribution in [0.25, 0.3) is 17.3 Å². The number of benzene rings is 2. The van der Waals surface area contributed by atoms with E-state index in [-0.39, 0.29) is 29.1 Å². The van der Waals surface area contributed by atoms with Gasteiger partial charge in [0.15, 0.2) is 0 Å². The van der Waals surface area contributed by atoms with Crippen LogP contribution < -0.4 is 10.6 Å². The van der Waals surface area contributed by atoms with Gasteiger partial charge >= 0.3 is 18.2 Å². The van der Waals surface area contributed by atoms with Gasteiger partial charge in [-0.3, -0.25) is 15.4 Å². The van der Waals surface area contributed by atoms with Crippen molar-refractivity contribution in [3.63, 3.8) is 0 Å². The smallest absolute Gasteiger partial charge is 0.411 e. The van der Waals surface area contributed by atoms with Crippen LogP contribution in [0.15, 0.2) is 54.7 Å². The van der Waals surface area contributed by atoms with Gasteiger partial charge in [-0.2, -0.15) is 0 Å². The minimum atomic E-state index is -1.08. The number of H-pyrrole nitrogens is 1. The second-order valence-corrected chi connectivity index (χ2v) is 9.60. The molecule has 0 fully saturated rings. The number of carboxylic acids is 1. The van der Waals surface area contributed by atoms with Crippen LogP contribution in [0.5, 0.6) is 0 Å². The first-order chi connectivity index (χ1) is 18.8. The fourth-order valence-corrected chi connectivity index (χ4v) is 3.69. The Morgan fingerprint density at radius 1 is 1.18 bits per heavy atom. The van der Waals surface area contributed by atoms with Crippen molar-refractivity contribution in [1.29, 1.82) is 0 Å². The standard InChI is InChI=1S/C27H29N5O8/c1-27(2,3)40-26(36)31-20(13-17-7-5-6-16(12-17)8-11-23(33)34)24-28-15-21(30-24)19-10-9-18(29-25(35)39-4)14-22(19)32(37)38/h5-12,14-15,20H,13H2,1-4H3,(H,28,30)(H,29,35)(H,31,36)(H,33,34)/b11-8+. The molecule has 210 valence electrons. The maximum atomic E-state index is 12.7. The van der Waals surface area contributed by atoms with E-state index in [1.807, 2.05) is 6.07 Å². The molecule has 2 aromatic carbocycles. The molecule has 1 aromatic heterocycles. The molecule has 0 aliphatic carbocycles. The molecule has 1 unspecified atom stereocenters. The number of ether oxygens (including phenoxy) is 2. The number of carbonyl (C=O) groups is 3. The average Bonchev–Trinajstić information content (AvgIpc) is 3.36. The van der Waals surface area contributed by atoms with E-state index < -0.39 is 34.7 Å². The lowest BCUT2D eigenvalue weighted by Gasteiger charge is -2.23. The summed E-state index contributed by atoms with van der Waals surface area (Å²) in [5, 5.41) is 25.9. The molecule has 13 nitrogen and oxygen atoms in total. The van der Waals surface area contributed by atoms with Gasteiger partial charge in [-0.05, 0) is 50.1 Å². The Kier molecular flexibility index (Phi) is 9.22. The number of nitrogens with zero attached hydrogens (tertiary/aromatic N) is 2. The number of amides is 2. The molecular weight excluding hydrogens is 522 g/mol. The highest BCUT2D eigenvalue weighted by Crippen LogP contribution is 2.32. The molecule has 3 rings (SSSR count). The summed E-state index contributed by atoms with van der Waals surface area (Å²) < 4.78 is 9.94. The minimum absolute atomic E-state index is 0.166. The molecular formula is C27H29N5O8. The molecule has 0 spiro atoms. The quantitative estimate of drug-likeness (QED) is 0.160. The number of hydrogen-bond donors (Lipinski definition) is 4. The van der Waals surface area contributed by atoms with Gasteiger partial charge in [0.05, 0.1) is 35.0 Å². The number of aromatic nitrogens is 2. The van der Waals surface area contributed by atoms with E-state index in [1.54, 1.807) is 39.0 Å². The highest BCUT2D eigenvalue weighted by Gasteiger charge is 2.25. The van der Waals surface area contributed by atoms with E-state index in [9.17, 15) is 24.5 Å². The number of methoxy groups -OCH3 is 1. The summed E-state index contributed by atoms with van der Waals surface area (Å²) in [4.78, 5) is 53.8. The molecule has 2 amide bonds. The molecule has 0 saturated carbocycles. The Bertz CT molecular complexity index is 1440. The van der Waals surface area contributed by atoms with Crippen molar-refractivity contribution in [2.24, 2.45) is 0 Å². The Hall–Kier alpha value is -5.20. The fourth-order valence-electron chi connectivity index (χ4n) is 3.69. The van der Waals surface area contributed by atoms with Gasteiger partial charge in [0.1, 0.15) is 11.4 Å². The van der Waals surface area contributed by atoms with E-state index in [2.05, 4.69) is 25.3 Å². The summed E-state index contributed by atoms with van der Waals surface area (Å²) in [7, 11) is 1.17. The number of imidazole rings is 1. The monoisotopic (exact) mass is 551 g/mol. The van der Waals surface area contributed by atoms with Crippen LogP contribution in [0.3, 0.4) is 0 Å². The van der Waals surface area contributed by atoms with Crippen LogP contribution in [0, 0.1) is 10.1 Å². The average molecular weight is 552 g/mol. The number of alkyl carbamates (subject to hydrolysis) is 1. The van der Waals surface area contributed by atoms with Crippen molar-refractivity contribution in [3.8, 4) is 11.3 Å². The Morgan fingerprint density at radius 3 is 2.58 bits per heavy atom. The normalized spacial score (nSPS) is 12.0. The van der Waals surface area contributed by atoms with E-state index in [1.165, 1.54) is 37.6 Å². The third kappa shape index (κ3) is 8.41. The lowest BCUT2D eigenvalue weighted by Crippen LogP contribution is -2.36. The van der Waals surface area contributed by atoms with Crippen LogP contribution >= 0.6 is 0 Å². The molecule has 40 heavy (non-hydrogen) atoms. The van der Waals surface area contributed by atoms with Crippen molar-refractivity contribution in [2.45, 2.75) is 38.8 Å². The van der Waals surface area contributed by atoms with Crippen LogP contribution in [0.1, 0.15) is 43.8 Å². The lowest BCUT2D eigenvalue weighted by atomic mass is 10.0. The number of carbonyl (C=O) groups excluding carboxylic acids is 2. The van der Waals surface area contributed by atoms with Gasteiger partial charge in [0.2, 0.25) is 0 Å². The number of nitrogens with one attached hydrogen (secondary N) is 3. The summed E-state index contributed by atoms with van der Waals surface area (Å²) >= 11 is 0. The largest absolute Gasteiger partial charge is 0.478 e. The van der Waals surface area contributed by atoms with Gasteiger partial charge in [-0.1, -0.05) is 24.3 Å². The third-order valence-corrected chi connectivity index (χ3v) is 5.33. The maximum absolute atomic E-state index is 12.7. The highest BCUT2D eigenvalue weighted by molar-refractivity contribution is 5.87. The summed E-state index contributed by atoms with van der Waals surface area (Å²) in [6, 6.07) is 10.4. The van der Waals surface area contributed by atoms with Crippen LogP contribution in [0.2, 0.25) is 0 Å². The molecule has 0 radical (unpaired) electrons. The number of rotatable bonds is 9. The van der Waals surface area contributed by atoms with Gasteiger partial charge in [-0.15, -0.1) is 0 Å². The van der Waals surface area contributed by atoms with E-state index in [0.29, 0.717) is 11.4 Å². The molecule has 0 bridgehead atoms. The number of hydrogen-bond acceptors (Lipinski definition) is 8. The number of carboxylic acid groups (broad SMARTS) is 1. The first kappa shape index (κ1) is 29.4. The first-order valence-electron chi connectivity index (χ1n) is 12.0. The van der Waals surface area contributed by atoms with Gasteiger partial charge in [0.25, 0.3) is 5.69 Å². The van der Waals surface area contributed by atoms with Crippen molar-refractivity contribution in [3.05, 3.63) is 81.8 Å². The molecule has 1 heterocycles. The summed E-state index contributed by atoms with van der Waals surface area (Å²) in [5.41, 5.74) is 0.926. The van der Waals surface area contributed by atoms with E-state index >= 15 is 0 Å². The van der Waals surface area contributed by atoms with Gasteiger partial charge in [0, 0.05) is 24.8 Å². The topological polar surface area (TPSA) is 186 Å². The minimum Gasteiger partial charge on any atom is -0.478 e. The van der Waals surface area contributed by atoms with Crippen molar-refractivity contribution in [1.82, 2.24) is 15.3 Å². The van der Waals surface area contributed by atoms with E-state index in [4.69, 9.17) is 9.84 Å². The molecule has 3 aromatic rings. The van der Waals surface area contributed by atoms with Crippen molar-refractivity contribution in [2.75, 3.05) is 12.4 Å². The molecule has 1 atom stereocenters. The van der Waals surface area contributed by atoms with E-state index in [0.717, 1.165) is 11.6 Å². The van der Waals surface area contributed by atoms with Crippen molar-refractivity contribution >= 4 is 35.6 Å². The Labute approximate surface area is 229 Å². The van der Waals surface area contributed by atoms with Gasteiger partial charge < -0.3 is 24.9 Å². The molecule has 4 N–H and O–H groups in total. The second-order valence-electron chi connectivity index (χ2n) is 9.60. The third-order valence-electron chi connectivity index (χ3n) is 5.33. The van der Waals surface area contributed by atoms with Crippen LogP contribution in [-0.4, -0.2) is 50.9 Å². The number of nitro benzene ring substituents is 1. The highest BCUT2D eigenvalue weighted by atomic mass is 16.6. The molecule has 0 aliphatic rings. The van der Waals surface area contributed by atoms with Crippen LogP contribution in [0.4, 0.5) is 21.0 Å². The molecule has 13 heteroatoms. The predicted octanol–water partition coefficient (Wildman–Crippen LogP) is 5.07. The summed E-state index contributed by atoms with van der Waals surface area (Å²) in [5.74, 6) is -0.778. The Balaban J connectivity index is 1.96. The van der Waals surface area contributed by atoms with Crippen LogP contribution in [-0.2, 0) is 20.7 Å². The first-order valence-corrected chi connectivity index (χ1v) is 12.0. The molecule has 0 aliphatic heterocycles. The summed E-state index contributed by atoms with van der Waals surface area (Å²) in [6.07, 6.45) is 2.72. The van der Waals surface area contributed by atoms with Gasteiger partial charge in [-0.25, -0.2) is 19.4 Å². The number of anilines is 1. The molecule has 0 saturated heterocycles. The summed E-state index contributed by atoms with van der Waals surface area (Å²) in [6.45, 7) is 5.17. The predicted molar refractivity (Wildman–Crippen MR) is 146 cm³/mol. The SMILES string of the molecule is COC(=O)Nc1ccc(-c2c[nH]c(C(Cc3cccc(/C=C/C(=O)O)c3)NC(=O)OC(C)(C)C)n2)c([N+](=O)[O-])c1. The number of aliphatic carboxylic acids is 1. The maximum Gasteiger partial charge on any atom is 0.411 e. The van der Waals surface area contributed by atoms with Crippen molar-refractivity contribution < 1.29 is 33.9 Å². The Morgan fingerprint density at radius 2 is 1.93 bits per heavy atom. The second kappa shape index (κ2) is 12.6. The zero-order valence-electron chi connectivity index (χ0n) is 22.3. The lowest BCUT2D eigenvalue weighted by molar-refractivity contribution is -0.384. The number of nitro groups is 1. The fraction of sp³-hybridized carbons (Fsp3) is 0.259. The zero-order chi connectivity index (χ0) is 29.4.